The molecule has 1 aliphatic carbocycles. The van der Waals surface area contributed by atoms with Gasteiger partial charge in [-0.05, 0) is 44.6 Å². The van der Waals surface area contributed by atoms with E-state index < -0.39 is 0 Å². The van der Waals surface area contributed by atoms with Crippen molar-refractivity contribution in [3.63, 3.8) is 0 Å². The van der Waals surface area contributed by atoms with E-state index in [0.29, 0.717) is 23.6 Å². The number of amides is 1. The molecule has 128 valence electrons. The Labute approximate surface area is 142 Å². The quantitative estimate of drug-likeness (QED) is 0.445. The highest BCUT2D eigenvalue weighted by molar-refractivity contribution is 7.17. The molecule has 0 saturated carbocycles. The number of rotatable bonds is 7. The third-order valence-electron chi connectivity index (χ3n) is 4.16. The van der Waals surface area contributed by atoms with Gasteiger partial charge in [0.2, 0.25) is 5.91 Å². The van der Waals surface area contributed by atoms with Gasteiger partial charge in [0.15, 0.2) is 0 Å². The summed E-state index contributed by atoms with van der Waals surface area (Å²) in [6.07, 6.45) is 8.90. The molecule has 1 N–H and O–H groups in total. The predicted molar refractivity (Wildman–Crippen MR) is 94.3 cm³/mol. The molecule has 4 nitrogen and oxygen atoms in total. The minimum absolute atomic E-state index is 0.000378. The minimum atomic E-state index is -0.296. The van der Waals surface area contributed by atoms with Crippen LogP contribution in [0.2, 0.25) is 0 Å². The lowest BCUT2D eigenvalue weighted by molar-refractivity contribution is -0.116. The van der Waals surface area contributed by atoms with Crippen molar-refractivity contribution in [3.8, 4) is 0 Å². The number of carbonyl (C=O) groups is 2. The molecule has 1 amide bonds. The Morgan fingerprint density at radius 1 is 1.13 bits per heavy atom. The Kier molecular flexibility index (Phi) is 7.09. The van der Waals surface area contributed by atoms with Crippen LogP contribution in [-0.4, -0.2) is 18.5 Å². The van der Waals surface area contributed by atoms with Crippen molar-refractivity contribution in [2.24, 2.45) is 0 Å². The van der Waals surface area contributed by atoms with Gasteiger partial charge in [0.05, 0.1) is 12.2 Å². The highest BCUT2D eigenvalue weighted by Gasteiger charge is 2.26. The van der Waals surface area contributed by atoms with Gasteiger partial charge in [-0.15, -0.1) is 11.3 Å². The van der Waals surface area contributed by atoms with Gasteiger partial charge in [-0.25, -0.2) is 4.79 Å². The Morgan fingerprint density at radius 2 is 1.91 bits per heavy atom. The van der Waals surface area contributed by atoms with E-state index in [0.717, 1.165) is 50.5 Å². The number of esters is 1. The topological polar surface area (TPSA) is 55.4 Å². The fraction of sp³-hybridized carbons (Fsp3) is 0.667. The SMILES string of the molecule is CCCCCC(=O)Nc1sc2c(c1C(=O)OCC)CCCCC2. The molecule has 2 rings (SSSR count). The molecule has 0 radical (unpaired) electrons. The standard InChI is InChI=1S/C18H27NO3S/c1-3-5-7-12-15(20)19-17-16(18(21)22-4-2)13-10-8-6-9-11-14(13)23-17/h3-12H2,1-2H3,(H,19,20). The van der Waals surface area contributed by atoms with Crippen LogP contribution < -0.4 is 5.32 Å². The molecular formula is C18H27NO3S. The summed E-state index contributed by atoms with van der Waals surface area (Å²) >= 11 is 1.56. The molecule has 1 aromatic heterocycles. The molecule has 0 aromatic carbocycles. The van der Waals surface area contributed by atoms with Crippen molar-refractivity contribution >= 4 is 28.2 Å². The lowest BCUT2D eigenvalue weighted by Gasteiger charge is -2.08. The number of nitrogens with one attached hydrogen (secondary N) is 1. The number of carbonyl (C=O) groups excluding carboxylic acids is 2. The Morgan fingerprint density at radius 3 is 2.65 bits per heavy atom. The molecule has 1 aromatic rings. The second-order valence-corrected chi connectivity index (χ2v) is 7.10. The van der Waals surface area contributed by atoms with Crippen LogP contribution >= 0.6 is 11.3 Å². The Bertz CT molecular complexity index is 551. The summed E-state index contributed by atoms with van der Waals surface area (Å²) in [5, 5.41) is 3.66. The van der Waals surface area contributed by atoms with Crippen LogP contribution in [0.15, 0.2) is 0 Å². The van der Waals surface area contributed by atoms with E-state index in [2.05, 4.69) is 12.2 Å². The van der Waals surface area contributed by atoms with Crippen LogP contribution in [0.1, 0.15) is 79.6 Å². The maximum atomic E-state index is 12.4. The Hall–Kier alpha value is -1.36. The third-order valence-corrected chi connectivity index (χ3v) is 5.37. The highest BCUT2D eigenvalue weighted by atomic mass is 32.1. The molecule has 23 heavy (non-hydrogen) atoms. The van der Waals surface area contributed by atoms with Gasteiger partial charge >= 0.3 is 5.97 Å². The molecule has 5 heteroatoms. The van der Waals surface area contributed by atoms with Gasteiger partial charge in [0.1, 0.15) is 5.00 Å². The van der Waals surface area contributed by atoms with Crippen LogP contribution in [0.4, 0.5) is 5.00 Å². The lowest BCUT2D eigenvalue weighted by atomic mass is 10.1. The summed E-state index contributed by atoms with van der Waals surface area (Å²) in [5.41, 5.74) is 1.72. The van der Waals surface area contributed by atoms with Gasteiger partial charge in [0, 0.05) is 11.3 Å². The van der Waals surface area contributed by atoms with E-state index in [-0.39, 0.29) is 11.9 Å². The van der Waals surface area contributed by atoms with Gasteiger partial charge in [-0.1, -0.05) is 26.2 Å². The average molecular weight is 337 g/mol. The first-order valence-electron chi connectivity index (χ1n) is 8.78. The monoisotopic (exact) mass is 337 g/mol. The second-order valence-electron chi connectivity index (χ2n) is 5.99. The van der Waals surface area contributed by atoms with E-state index in [1.54, 1.807) is 11.3 Å². The van der Waals surface area contributed by atoms with Gasteiger partial charge in [0.25, 0.3) is 0 Å². The molecule has 0 fully saturated rings. The van der Waals surface area contributed by atoms with Crippen molar-refractivity contribution in [3.05, 3.63) is 16.0 Å². The van der Waals surface area contributed by atoms with Crippen molar-refractivity contribution in [2.45, 2.75) is 71.6 Å². The number of ether oxygens (including phenoxy) is 1. The molecule has 0 spiro atoms. The molecule has 0 unspecified atom stereocenters. The van der Waals surface area contributed by atoms with Crippen molar-refractivity contribution in [1.29, 1.82) is 0 Å². The van der Waals surface area contributed by atoms with Crippen LogP contribution in [0.3, 0.4) is 0 Å². The first kappa shape index (κ1) is 18.0. The zero-order chi connectivity index (χ0) is 16.7. The molecular weight excluding hydrogens is 310 g/mol. The molecule has 0 saturated heterocycles. The summed E-state index contributed by atoms with van der Waals surface area (Å²) < 4.78 is 5.23. The lowest BCUT2D eigenvalue weighted by Crippen LogP contribution is -2.15. The summed E-state index contributed by atoms with van der Waals surface area (Å²) in [4.78, 5) is 25.8. The summed E-state index contributed by atoms with van der Waals surface area (Å²) in [5.74, 6) is -0.295. The zero-order valence-electron chi connectivity index (χ0n) is 14.2. The molecule has 1 aliphatic rings. The molecule has 0 atom stereocenters. The fourth-order valence-corrected chi connectivity index (χ4v) is 4.27. The van der Waals surface area contributed by atoms with Crippen LogP contribution in [0.5, 0.6) is 0 Å². The normalized spacial score (nSPS) is 14.0. The minimum Gasteiger partial charge on any atom is -0.462 e. The van der Waals surface area contributed by atoms with Gasteiger partial charge in [-0.3, -0.25) is 4.79 Å². The van der Waals surface area contributed by atoms with E-state index >= 15 is 0 Å². The first-order valence-corrected chi connectivity index (χ1v) is 9.60. The maximum absolute atomic E-state index is 12.4. The first-order chi connectivity index (χ1) is 11.2. The number of hydrogen-bond donors (Lipinski definition) is 1. The van der Waals surface area contributed by atoms with E-state index in [1.165, 1.54) is 11.3 Å². The summed E-state index contributed by atoms with van der Waals surface area (Å²) in [7, 11) is 0. The zero-order valence-corrected chi connectivity index (χ0v) is 15.0. The van der Waals surface area contributed by atoms with E-state index in [4.69, 9.17) is 4.74 Å². The number of anilines is 1. The smallest absolute Gasteiger partial charge is 0.341 e. The summed E-state index contributed by atoms with van der Waals surface area (Å²) in [6, 6.07) is 0. The second kappa shape index (κ2) is 9.06. The van der Waals surface area contributed by atoms with Crippen LogP contribution in [0, 0.1) is 0 Å². The van der Waals surface area contributed by atoms with Gasteiger partial charge < -0.3 is 10.1 Å². The number of hydrogen-bond acceptors (Lipinski definition) is 4. The summed E-state index contributed by atoms with van der Waals surface area (Å²) in [6.45, 7) is 4.28. The Balaban J connectivity index is 2.20. The fourth-order valence-electron chi connectivity index (χ4n) is 2.97. The third kappa shape index (κ3) is 4.80. The number of aryl methyl sites for hydroxylation is 1. The van der Waals surface area contributed by atoms with E-state index in [9.17, 15) is 9.59 Å². The molecule has 1 heterocycles. The average Bonchev–Trinajstić information content (AvgIpc) is 2.69. The maximum Gasteiger partial charge on any atom is 0.341 e. The molecule has 0 aliphatic heterocycles. The van der Waals surface area contributed by atoms with Crippen molar-refractivity contribution < 1.29 is 14.3 Å². The number of unbranched alkanes of at least 4 members (excludes halogenated alkanes) is 2. The van der Waals surface area contributed by atoms with Crippen molar-refractivity contribution in [2.75, 3.05) is 11.9 Å². The highest BCUT2D eigenvalue weighted by Crippen LogP contribution is 2.38. The number of fused-ring (bicyclic) bond motifs is 1. The van der Waals surface area contributed by atoms with Crippen LogP contribution in [-0.2, 0) is 22.4 Å². The van der Waals surface area contributed by atoms with Crippen molar-refractivity contribution in [1.82, 2.24) is 0 Å². The predicted octanol–water partition coefficient (Wildman–Crippen LogP) is 4.71. The van der Waals surface area contributed by atoms with E-state index in [1.807, 2.05) is 6.92 Å². The number of thiophene rings is 1. The van der Waals surface area contributed by atoms with Gasteiger partial charge in [-0.2, -0.15) is 0 Å². The molecule has 0 bridgehead atoms. The largest absolute Gasteiger partial charge is 0.462 e. The van der Waals surface area contributed by atoms with Crippen LogP contribution in [0.25, 0.3) is 0 Å².